The molecule has 0 radical (unpaired) electrons. The van der Waals surface area contributed by atoms with E-state index in [0.717, 1.165) is 0 Å². The molecule has 0 aromatic carbocycles. The first-order valence-corrected chi connectivity index (χ1v) is 6.01. The SMILES string of the molecule is Cn1cnc(CNC(=O)N2CCC(C)(C(=O)O)C2)n1. The van der Waals surface area contributed by atoms with Gasteiger partial charge >= 0.3 is 12.0 Å². The van der Waals surface area contributed by atoms with Gasteiger partial charge in [-0.15, -0.1) is 0 Å². The topological polar surface area (TPSA) is 100 Å². The van der Waals surface area contributed by atoms with Crippen molar-refractivity contribution in [3.63, 3.8) is 0 Å². The maximum Gasteiger partial charge on any atom is 0.317 e. The molecule has 0 saturated carbocycles. The second kappa shape index (κ2) is 4.87. The lowest BCUT2D eigenvalue weighted by molar-refractivity contribution is -0.146. The quantitative estimate of drug-likeness (QED) is 0.791. The van der Waals surface area contributed by atoms with E-state index < -0.39 is 11.4 Å². The highest BCUT2D eigenvalue weighted by atomic mass is 16.4. The van der Waals surface area contributed by atoms with Crippen LogP contribution in [-0.2, 0) is 18.4 Å². The van der Waals surface area contributed by atoms with Crippen LogP contribution >= 0.6 is 0 Å². The molecule has 1 atom stereocenters. The highest BCUT2D eigenvalue weighted by Crippen LogP contribution is 2.29. The Bertz CT molecular complexity index is 500. The first-order valence-electron chi connectivity index (χ1n) is 6.01. The highest BCUT2D eigenvalue weighted by Gasteiger charge is 2.42. The number of aromatic nitrogens is 3. The lowest BCUT2D eigenvalue weighted by Crippen LogP contribution is -2.40. The second-order valence-electron chi connectivity index (χ2n) is 5.03. The number of rotatable bonds is 3. The summed E-state index contributed by atoms with van der Waals surface area (Å²) in [5.74, 6) is -0.342. The molecule has 2 N–H and O–H groups in total. The molecule has 2 amide bonds. The highest BCUT2D eigenvalue weighted by molar-refractivity contribution is 5.79. The molecule has 8 nitrogen and oxygen atoms in total. The van der Waals surface area contributed by atoms with E-state index in [0.29, 0.717) is 18.8 Å². The van der Waals surface area contributed by atoms with Crippen molar-refractivity contribution in [1.29, 1.82) is 0 Å². The molecule has 1 aliphatic rings. The lowest BCUT2D eigenvalue weighted by Gasteiger charge is -2.20. The van der Waals surface area contributed by atoms with Gasteiger partial charge in [-0.1, -0.05) is 0 Å². The predicted molar refractivity (Wildman–Crippen MR) is 65.2 cm³/mol. The van der Waals surface area contributed by atoms with E-state index in [1.807, 2.05) is 0 Å². The van der Waals surface area contributed by atoms with Crippen LogP contribution in [0.2, 0.25) is 0 Å². The molecule has 0 spiro atoms. The monoisotopic (exact) mass is 267 g/mol. The van der Waals surface area contributed by atoms with Gasteiger partial charge in [-0.3, -0.25) is 9.48 Å². The van der Waals surface area contributed by atoms with Gasteiger partial charge in [-0.05, 0) is 13.3 Å². The number of carbonyl (C=O) groups excluding carboxylic acids is 1. The van der Waals surface area contributed by atoms with Crippen LogP contribution in [0.4, 0.5) is 4.79 Å². The minimum atomic E-state index is -0.866. The van der Waals surface area contributed by atoms with Gasteiger partial charge in [0, 0.05) is 20.1 Å². The number of aliphatic carboxylic acids is 1. The molecule has 19 heavy (non-hydrogen) atoms. The van der Waals surface area contributed by atoms with E-state index in [1.54, 1.807) is 25.0 Å². The fraction of sp³-hybridized carbons (Fsp3) is 0.636. The zero-order valence-corrected chi connectivity index (χ0v) is 11.0. The van der Waals surface area contributed by atoms with Crippen LogP contribution in [0.15, 0.2) is 6.33 Å². The Balaban J connectivity index is 1.86. The molecule has 1 fully saturated rings. The van der Waals surface area contributed by atoms with Gasteiger partial charge in [0.05, 0.1) is 12.0 Å². The van der Waals surface area contributed by atoms with E-state index in [4.69, 9.17) is 5.11 Å². The van der Waals surface area contributed by atoms with Crippen LogP contribution in [0.1, 0.15) is 19.2 Å². The van der Waals surface area contributed by atoms with Gasteiger partial charge in [0.15, 0.2) is 5.82 Å². The van der Waals surface area contributed by atoms with Crippen molar-refractivity contribution < 1.29 is 14.7 Å². The predicted octanol–water partition coefficient (Wildman–Crippen LogP) is -0.179. The number of nitrogens with one attached hydrogen (secondary N) is 1. The molecule has 2 heterocycles. The first kappa shape index (κ1) is 13.3. The van der Waals surface area contributed by atoms with Crippen LogP contribution in [0, 0.1) is 5.41 Å². The van der Waals surface area contributed by atoms with Crippen molar-refractivity contribution in [2.24, 2.45) is 12.5 Å². The summed E-state index contributed by atoms with van der Waals surface area (Å²) < 4.78 is 1.55. The molecular weight excluding hydrogens is 250 g/mol. The molecule has 0 aliphatic carbocycles. The number of carboxylic acids is 1. The third kappa shape index (κ3) is 2.83. The summed E-state index contributed by atoms with van der Waals surface area (Å²) in [6.07, 6.45) is 2.02. The average molecular weight is 267 g/mol. The molecule has 1 unspecified atom stereocenters. The van der Waals surface area contributed by atoms with E-state index in [9.17, 15) is 9.59 Å². The Hall–Kier alpha value is -2.12. The van der Waals surface area contributed by atoms with Crippen molar-refractivity contribution in [3.05, 3.63) is 12.2 Å². The number of carboxylic acid groups (broad SMARTS) is 1. The lowest BCUT2D eigenvalue weighted by atomic mass is 9.90. The maximum atomic E-state index is 11.9. The van der Waals surface area contributed by atoms with Gasteiger partial charge in [0.25, 0.3) is 0 Å². The molecule has 2 rings (SSSR count). The van der Waals surface area contributed by atoms with Gasteiger partial charge in [0.2, 0.25) is 0 Å². The summed E-state index contributed by atoms with van der Waals surface area (Å²) >= 11 is 0. The molecule has 0 bridgehead atoms. The normalized spacial score (nSPS) is 22.5. The Labute approximate surface area is 110 Å². The zero-order chi connectivity index (χ0) is 14.0. The number of carbonyl (C=O) groups is 2. The molecule has 1 saturated heterocycles. The van der Waals surface area contributed by atoms with E-state index >= 15 is 0 Å². The number of likely N-dealkylation sites (tertiary alicyclic amines) is 1. The molecule has 1 aliphatic heterocycles. The number of urea groups is 1. The van der Waals surface area contributed by atoms with Crippen LogP contribution in [0.3, 0.4) is 0 Å². The third-order valence-electron chi connectivity index (χ3n) is 3.32. The maximum absolute atomic E-state index is 11.9. The largest absolute Gasteiger partial charge is 0.481 e. The van der Waals surface area contributed by atoms with Crippen molar-refractivity contribution in [2.45, 2.75) is 19.9 Å². The number of nitrogens with zero attached hydrogens (tertiary/aromatic N) is 4. The standard InChI is InChI=1S/C11H17N5O3/c1-11(9(17)18)3-4-16(6-11)10(19)12-5-8-13-7-15(2)14-8/h7H,3-6H2,1-2H3,(H,12,19)(H,17,18). The molecule has 1 aromatic rings. The molecule has 104 valence electrons. The average Bonchev–Trinajstić information content (AvgIpc) is 2.94. The first-order chi connectivity index (χ1) is 8.90. The van der Waals surface area contributed by atoms with E-state index in [2.05, 4.69) is 15.4 Å². The van der Waals surface area contributed by atoms with E-state index in [1.165, 1.54) is 4.90 Å². The smallest absolute Gasteiger partial charge is 0.317 e. The molecular formula is C11H17N5O3. The summed E-state index contributed by atoms with van der Waals surface area (Å²) in [6, 6.07) is -0.280. The Kier molecular flexibility index (Phi) is 3.41. The Morgan fingerprint density at radius 1 is 1.58 bits per heavy atom. The van der Waals surface area contributed by atoms with Gasteiger partial charge < -0.3 is 15.3 Å². The number of hydrogen-bond donors (Lipinski definition) is 2. The molecule has 8 heteroatoms. The number of amides is 2. The molecule has 1 aromatic heterocycles. The number of aryl methyl sites for hydroxylation is 1. The summed E-state index contributed by atoms with van der Waals surface area (Å²) in [5.41, 5.74) is -0.847. The number of hydrogen-bond acceptors (Lipinski definition) is 4. The van der Waals surface area contributed by atoms with Crippen molar-refractivity contribution >= 4 is 12.0 Å². The van der Waals surface area contributed by atoms with Crippen molar-refractivity contribution in [2.75, 3.05) is 13.1 Å². The fourth-order valence-electron chi connectivity index (χ4n) is 2.04. The zero-order valence-electron chi connectivity index (χ0n) is 11.0. The summed E-state index contributed by atoms with van der Waals surface area (Å²) in [5, 5.41) is 15.8. The minimum absolute atomic E-state index is 0.226. The van der Waals surface area contributed by atoms with Crippen molar-refractivity contribution in [1.82, 2.24) is 25.0 Å². The van der Waals surface area contributed by atoms with Crippen LogP contribution < -0.4 is 5.32 Å². The Morgan fingerprint density at radius 3 is 2.84 bits per heavy atom. The second-order valence-corrected chi connectivity index (χ2v) is 5.03. The summed E-state index contributed by atoms with van der Waals surface area (Å²) in [4.78, 5) is 28.5. The Morgan fingerprint density at radius 2 is 2.32 bits per heavy atom. The summed E-state index contributed by atoms with van der Waals surface area (Å²) in [6.45, 7) is 2.57. The van der Waals surface area contributed by atoms with Crippen LogP contribution in [0.5, 0.6) is 0 Å². The van der Waals surface area contributed by atoms with E-state index in [-0.39, 0.29) is 19.1 Å². The summed E-state index contributed by atoms with van der Waals surface area (Å²) in [7, 11) is 1.75. The van der Waals surface area contributed by atoms with Crippen molar-refractivity contribution in [3.8, 4) is 0 Å². The fourth-order valence-corrected chi connectivity index (χ4v) is 2.04. The van der Waals surface area contributed by atoms with Gasteiger partial charge in [-0.2, -0.15) is 5.10 Å². The van der Waals surface area contributed by atoms with Crippen LogP contribution in [-0.4, -0.2) is 49.9 Å². The third-order valence-corrected chi connectivity index (χ3v) is 3.32. The van der Waals surface area contributed by atoms with Crippen LogP contribution in [0.25, 0.3) is 0 Å². The minimum Gasteiger partial charge on any atom is -0.481 e. The van der Waals surface area contributed by atoms with Gasteiger partial charge in [-0.25, -0.2) is 9.78 Å². The van der Waals surface area contributed by atoms with Gasteiger partial charge in [0.1, 0.15) is 6.33 Å².